The van der Waals surface area contributed by atoms with Crippen molar-refractivity contribution in [1.82, 2.24) is 10.3 Å². The van der Waals surface area contributed by atoms with E-state index in [0.29, 0.717) is 6.61 Å². The fourth-order valence-electron chi connectivity index (χ4n) is 1.60. The summed E-state index contributed by atoms with van der Waals surface area (Å²) in [5, 5.41) is 2.68. The molecule has 0 aliphatic carbocycles. The van der Waals surface area contributed by atoms with E-state index in [1.807, 2.05) is 6.07 Å². The average Bonchev–Trinajstić information content (AvgIpc) is 2.87. The van der Waals surface area contributed by atoms with Crippen molar-refractivity contribution in [2.75, 3.05) is 6.61 Å². The van der Waals surface area contributed by atoms with Crippen LogP contribution in [0.5, 0.6) is 0 Å². The lowest BCUT2D eigenvalue weighted by Crippen LogP contribution is -2.18. The van der Waals surface area contributed by atoms with E-state index in [4.69, 9.17) is 4.74 Å². The predicted octanol–water partition coefficient (Wildman–Crippen LogP) is 3.45. The highest BCUT2D eigenvalue weighted by Gasteiger charge is 2.23. The zero-order valence-corrected chi connectivity index (χ0v) is 12.0. The van der Waals surface area contributed by atoms with Crippen molar-refractivity contribution in [3.8, 4) is 0 Å². The number of nitrogens with zero attached hydrogens (tertiary/aromatic N) is 1. The number of alkyl carbamates (subject to hydrolysis) is 1. The first-order valence-electron chi connectivity index (χ1n) is 5.89. The Morgan fingerprint density at radius 1 is 1.30 bits per heavy atom. The summed E-state index contributed by atoms with van der Waals surface area (Å²) < 4.78 is 17.6. The number of halogens is 2. The molecule has 1 atom stereocenters. The maximum absolute atomic E-state index is 11.9. The van der Waals surface area contributed by atoms with Crippen molar-refractivity contribution >= 4 is 22.0 Å². The zero-order valence-electron chi connectivity index (χ0n) is 10.4. The first-order chi connectivity index (χ1) is 9.65. The van der Waals surface area contributed by atoms with Crippen LogP contribution in [-0.4, -0.2) is 17.7 Å². The Balaban J connectivity index is 0.000000178. The highest BCUT2D eigenvalue weighted by Crippen LogP contribution is 2.19. The summed E-state index contributed by atoms with van der Waals surface area (Å²) in [6.45, 7) is 0.372. The fraction of sp³-hybridized carbons (Fsp3) is 0.143. The van der Waals surface area contributed by atoms with Crippen LogP contribution < -0.4 is 5.32 Å². The lowest BCUT2D eigenvalue weighted by atomic mass is 10.1. The van der Waals surface area contributed by atoms with Crippen LogP contribution in [0.25, 0.3) is 0 Å². The zero-order chi connectivity index (χ0) is 14.4. The number of hydrogen-bond acceptors (Lipinski definition) is 3. The Morgan fingerprint density at radius 3 is 2.55 bits per heavy atom. The molecule has 1 N–H and O–H groups in total. The smallest absolute Gasteiger partial charge is 0.407 e. The Hall–Kier alpha value is -1.95. The number of carbonyl (C=O) groups is 1. The van der Waals surface area contributed by atoms with Crippen LogP contribution in [0.4, 0.5) is 9.18 Å². The van der Waals surface area contributed by atoms with Crippen molar-refractivity contribution in [3.05, 3.63) is 64.6 Å². The minimum absolute atomic E-state index is 0.0718. The molecule has 0 radical (unpaired) electrons. The number of rotatable bonds is 1. The van der Waals surface area contributed by atoms with Crippen molar-refractivity contribution < 1.29 is 13.9 Å². The standard InChI is InChI=1S/C8H7BrN2O2.C6H5F/c9-6-1-5(2-10-3-6)7-4-13-8(12)11-7;7-6-4-2-1-3-5-6/h1-3,7H,4H2,(H,11,12);1-5H. The highest BCUT2D eigenvalue weighted by atomic mass is 79.9. The van der Waals surface area contributed by atoms with Gasteiger partial charge in [-0.2, -0.15) is 0 Å². The van der Waals surface area contributed by atoms with Gasteiger partial charge in [0, 0.05) is 16.9 Å². The molecule has 1 amide bonds. The largest absolute Gasteiger partial charge is 0.447 e. The molecule has 0 spiro atoms. The average molecular weight is 339 g/mol. The summed E-state index contributed by atoms with van der Waals surface area (Å²) >= 11 is 3.31. The molecule has 1 aromatic carbocycles. The molecule has 1 fully saturated rings. The molecule has 20 heavy (non-hydrogen) atoms. The van der Waals surface area contributed by atoms with Gasteiger partial charge in [0.15, 0.2) is 0 Å². The SMILES string of the molecule is Fc1ccccc1.O=C1NC(c2cncc(Br)c2)CO1. The van der Waals surface area contributed by atoms with E-state index in [1.165, 1.54) is 12.1 Å². The predicted molar refractivity (Wildman–Crippen MR) is 75.6 cm³/mol. The number of hydrogen-bond donors (Lipinski definition) is 1. The molecule has 1 aliphatic rings. The van der Waals surface area contributed by atoms with Crippen LogP contribution in [0.15, 0.2) is 53.3 Å². The second-order valence-electron chi connectivity index (χ2n) is 4.03. The first-order valence-corrected chi connectivity index (χ1v) is 6.69. The number of amides is 1. The molecule has 1 unspecified atom stereocenters. The molecular formula is C14H12BrFN2O2. The Morgan fingerprint density at radius 2 is 2.05 bits per heavy atom. The molecule has 104 valence electrons. The molecule has 3 rings (SSSR count). The topological polar surface area (TPSA) is 51.2 Å². The van der Waals surface area contributed by atoms with Gasteiger partial charge in [-0.25, -0.2) is 9.18 Å². The van der Waals surface area contributed by atoms with Crippen molar-refractivity contribution in [1.29, 1.82) is 0 Å². The number of cyclic esters (lactones) is 1. The van der Waals surface area contributed by atoms with Gasteiger partial charge in [0.25, 0.3) is 0 Å². The van der Waals surface area contributed by atoms with Crippen molar-refractivity contribution in [2.24, 2.45) is 0 Å². The summed E-state index contributed by atoms with van der Waals surface area (Å²) in [5.41, 5.74) is 0.945. The van der Waals surface area contributed by atoms with Gasteiger partial charge in [-0.3, -0.25) is 4.98 Å². The monoisotopic (exact) mass is 338 g/mol. The van der Waals surface area contributed by atoms with Crippen molar-refractivity contribution in [2.45, 2.75) is 6.04 Å². The van der Waals surface area contributed by atoms with Crippen LogP contribution in [0.1, 0.15) is 11.6 Å². The summed E-state index contributed by atoms with van der Waals surface area (Å²) in [7, 11) is 0. The van der Waals surface area contributed by atoms with Crippen LogP contribution in [0.3, 0.4) is 0 Å². The minimum atomic E-state index is -0.370. The van der Waals surface area contributed by atoms with E-state index in [-0.39, 0.29) is 18.0 Å². The van der Waals surface area contributed by atoms with Crippen molar-refractivity contribution in [3.63, 3.8) is 0 Å². The molecule has 0 saturated carbocycles. The Bertz CT molecular complexity index is 580. The summed E-state index contributed by atoms with van der Waals surface area (Å²) in [6, 6.07) is 9.78. The van der Waals surface area contributed by atoms with Crippen LogP contribution in [0, 0.1) is 5.82 Å². The molecule has 2 heterocycles. The Labute approximate surface area is 124 Å². The summed E-state index contributed by atoms with van der Waals surface area (Å²) in [5.74, 6) is -0.178. The maximum atomic E-state index is 11.9. The first kappa shape index (κ1) is 14.5. The fourth-order valence-corrected chi connectivity index (χ4v) is 1.98. The molecule has 1 aromatic heterocycles. The normalized spacial score (nSPS) is 16.7. The lowest BCUT2D eigenvalue weighted by Gasteiger charge is -2.06. The number of benzene rings is 1. The third-order valence-corrected chi connectivity index (χ3v) is 2.97. The molecular weight excluding hydrogens is 327 g/mol. The second kappa shape index (κ2) is 7.00. The van der Waals surface area contributed by atoms with Gasteiger partial charge >= 0.3 is 6.09 Å². The Kier molecular flexibility index (Phi) is 5.06. The molecule has 0 bridgehead atoms. The van der Waals surface area contributed by atoms with Gasteiger partial charge in [-0.15, -0.1) is 0 Å². The van der Waals surface area contributed by atoms with E-state index in [1.54, 1.807) is 30.6 Å². The van der Waals surface area contributed by atoms with Crippen LogP contribution >= 0.6 is 15.9 Å². The number of ether oxygens (including phenoxy) is 1. The number of pyridine rings is 1. The molecule has 1 aliphatic heterocycles. The van der Waals surface area contributed by atoms with Crippen LogP contribution in [0.2, 0.25) is 0 Å². The summed E-state index contributed by atoms with van der Waals surface area (Å²) in [6.07, 6.45) is 3.04. The van der Waals surface area contributed by atoms with Gasteiger partial charge in [0.1, 0.15) is 12.4 Å². The van der Waals surface area contributed by atoms with E-state index >= 15 is 0 Å². The van der Waals surface area contributed by atoms with E-state index in [0.717, 1.165) is 10.0 Å². The molecule has 2 aromatic rings. The quantitative estimate of drug-likeness (QED) is 0.866. The van der Waals surface area contributed by atoms with Crippen LogP contribution in [-0.2, 0) is 4.74 Å². The van der Waals surface area contributed by atoms with E-state index in [2.05, 4.69) is 26.2 Å². The van der Waals surface area contributed by atoms with E-state index < -0.39 is 0 Å². The molecule has 6 heteroatoms. The van der Waals surface area contributed by atoms with Gasteiger partial charge in [0.2, 0.25) is 0 Å². The van der Waals surface area contributed by atoms with Gasteiger partial charge < -0.3 is 10.1 Å². The second-order valence-corrected chi connectivity index (χ2v) is 4.94. The number of carbonyl (C=O) groups excluding carboxylic acids is 1. The number of aromatic nitrogens is 1. The molecule has 1 saturated heterocycles. The third-order valence-electron chi connectivity index (χ3n) is 2.53. The van der Waals surface area contributed by atoms with Gasteiger partial charge in [0.05, 0.1) is 6.04 Å². The molecule has 4 nitrogen and oxygen atoms in total. The lowest BCUT2D eigenvalue weighted by molar-refractivity contribution is 0.177. The number of nitrogens with one attached hydrogen (secondary N) is 1. The highest BCUT2D eigenvalue weighted by molar-refractivity contribution is 9.10. The van der Waals surface area contributed by atoms with Gasteiger partial charge in [-0.05, 0) is 39.7 Å². The van der Waals surface area contributed by atoms with Gasteiger partial charge in [-0.1, -0.05) is 18.2 Å². The van der Waals surface area contributed by atoms with E-state index in [9.17, 15) is 9.18 Å². The minimum Gasteiger partial charge on any atom is -0.447 e. The maximum Gasteiger partial charge on any atom is 0.407 e. The summed E-state index contributed by atoms with van der Waals surface area (Å²) in [4.78, 5) is 14.7. The third kappa shape index (κ3) is 4.31.